The minimum absolute atomic E-state index is 0.834. The Bertz CT molecular complexity index is 350. The molecule has 0 amide bonds. The summed E-state index contributed by atoms with van der Waals surface area (Å²) in [5.41, 5.74) is 2.84. The SMILES string of the molecule is C=C[C](C)c1cc(I)cc(C2CC2)c1. The largest absolute Gasteiger partial charge is 0.102 e. The number of rotatable bonds is 3. The molecule has 1 saturated carbocycles. The van der Waals surface area contributed by atoms with Crippen LogP contribution in [0.25, 0.3) is 0 Å². The van der Waals surface area contributed by atoms with Gasteiger partial charge in [-0.1, -0.05) is 19.1 Å². The highest BCUT2D eigenvalue weighted by molar-refractivity contribution is 14.1. The highest BCUT2D eigenvalue weighted by Gasteiger charge is 2.24. The first-order valence-electron chi connectivity index (χ1n) is 4.97. The average Bonchev–Trinajstić information content (AvgIpc) is 2.98. The lowest BCUT2D eigenvalue weighted by atomic mass is 9.98. The molecule has 0 bridgehead atoms. The van der Waals surface area contributed by atoms with Crippen LogP contribution < -0.4 is 0 Å². The molecule has 1 fully saturated rings. The van der Waals surface area contributed by atoms with E-state index in [1.54, 1.807) is 0 Å². The van der Waals surface area contributed by atoms with Crippen molar-refractivity contribution in [3.63, 3.8) is 0 Å². The van der Waals surface area contributed by atoms with Crippen molar-refractivity contribution in [1.82, 2.24) is 0 Å². The van der Waals surface area contributed by atoms with Crippen molar-refractivity contribution in [2.75, 3.05) is 0 Å². The van der Waals surface area contributed by atoms with E-state index in [0.717, 1.165) is 5.92 Å². The lowest BCUT2D eigenvalue weighted by molar-refractivity contribution is 1.11. The van der Waals surface area contributed by atoms with E-state index in [2.05, 4.69) is 54.3 Å². The van der Waals surface area contributed by atoms with Crippen molar-refractivity contribution in [3.05, 3.63) is 51.5 Å². The lowest BCUT2D eigenvalue weighted by Gasteiger charge is -2.09. The van der Waals surface area contributed by atoms with Crippen molar-refractivity contribution < 1.29 is 0 Å². The van der Waals surface area contributed by atoms with Crippen LogP contribution in [0.15, 0.2) is 30.9 Å². The zero-order valence-corrected chi connectivity index (χ0v) is 10.5. The summed E-state index contributed by atoms with van der Waals surface area (Å²) in [6, 6.07) is 6.85. The second-order valence-electron chi connectivity index (χ2n) is 3.93. The minimum atomic E-state index is 0.834. The number of allylic oxidation sites excluding steroid dienone is 1. The number of halogens is 1. The summed E-state index contributed by atoms with van der Waals surface area (Å²) in [4.78, 5) is 0. The van der Waals surface area contributed by atoms with Crippen LogP contribution in [0.2, 0.25) is 0 Å². The van der Waals surface area contributed by atoms with Crippen molar-refractivity contribution in [2.24, 2.45) is 0 Å². The van der Waals surface area contributed by atoms with E-state index in [-0.39, 0.29) is 0 Å². The Morgan fingerprint density at radius 2 is 2.14 bits per heavy atom. The molecule has 1 aliphatic carbocycles. The second-order valence-corrected chi connectivity index (χ2v) is 5.18. The van der Waals surface area contributed by atoms with Gasteiger partial charge in [0, 0.05) is 9.49 Å². The standard InChI is InChI=1S/C13H14I/c1-3-9(2)11-6-12(10-4-5-10)8-13(14)7-11/h3,6-8,10H,1,4-5H2,2H3. The van der Waals surface area contributed by atoms with E-state index in [1.807, 2.05) is 6.08 Å². The maximum atomic E-state index is 3.82. The summed E-state index contributed by atoms with van der Waals surface area (Å²) >= 11 is 2.39. The number of hydrogen-bond donors (Lipinski definition) is 0. The molecule has 0 saturated heterocycles. The van der Waals surface area contributed by atoms with Crippen molar-refractivity contribution in [1.29, 1.82) is 0 Å². The molecule has 1 aromatic carbocycles. The van der Waals surface area contributed by atoms with Crippen LogP contribution in [0.3, 0.4) is 0 Å². The van der Waals surface area contributed by atoms with Gasteiger partial charge in [-0.3, -0.25) is 0 Å². The number of hydrogen-bond acceptors (Lipinski definition) is 0. The van der Waals surface area contributed by atoms with Gasteiger partial charge in [0.05, 0.1) is 0 Å². The van der Waals surface area contributed by atoms with Crippen molar-refractivity contribution in [2.45, 2.75) is 25.7 Å². The van der Waals surface area contributed by atoms with Gasteiger partial charge >= 0.3 is 0 Å². The third-order valence-electron chi connectivity index (χ3n) is 2.73. The molecule has 2 rings (SSSR count). The van der Waals surface area contributed by atoms with Crippen LogP contribution >= 0.6 is 22.6 Å². The Hall–Kier alpha value is -0.310. The fourth-order valence-electron chi connectivity index (χ4n) is 1.61. The van der Waals surface area contributed by atoms with E-state index < -0.39 is 0 Å². The molecule has 0 unspecified atom stereocenters. The van der Waals surface area contributed by atoms with E-state index in [1.165, 1.54) is 33.5 Å². The number of benzene rings is 1. The molecule has 0 aromatic heterocycles. The predicted molar refractivity (Wildman–Crippen MR) is 69.4 cm³/mol. The molecule has 1 heteroatoms. The quantitative estimate of drug-likeness (QED) is 0.730. The normalized spacial score (nSPS) is 15.9. The van der Waals surface area contributed by atoms with Crippen LogP contribution in [0.5, 0.6) is 0 Å². The van der Waals surface area contributed by atoms with Crippen LogP contribution in [0, 0.1) is 9.49 Å². The third-order valence-corrected chi connectivity index (χ3v) is 3.35. The first-order valence-corrected chi connectivity index (χ1v) is 6.05. The molecule has 0 aliphatic heterocycles. The van der Waals surface area contributed by atoms with E-state index in [0.29, 0.717) is 0 Å². The molecular weight excluding hydrogens is 283 g/mol. The summed E-state index contributed by atoms with van der Waals surface area (Å²) in [6.45, 7) is 5.94. The molecule has 0 spiro atoms. The summed E-state index contributed by atoms with van der Waals surface area (Å²) < 4.78 is 1.34. The molecule has 0 atom stereocenters. The van der Waals surface area contributed by atoms with Crippen LogP contribution in [-0.4, -0.2) is 0 Å². The molecule has 1 radical (unpaired) electrons. The maximum Gasteiger partial charge on any atom is 0.0230 e. The van der Waals surface area contributed by atoms with Gasteiger partial charge in [0.25, 0.3) is 0 Å². The average molecular weight is 297 g/mol. The second kappa shape index (κ2) is 4.05. The Morgan fingerprint density at radius 1 is 1.43 bits per heavy atom. The minimum Gasteiger partial charge on any atom is -0.102 e. The Kier molecular flexibility index (Phi) is 2.96. The van der Waals surface area contributed by atoms with Gasteiger partial charge < -0.3 is 0 Å². The summed E-state index contributed by atoms with van der Waals surface area (Å²) in [6.07, 6.45) is 4.67. The summed E-state index contributed by atoms with van der Waals surface area (Å²) in [5, 5.41) is 0. The molecule has 14 heavy (non-hydrogen) atoms. The zero-order chi connectivity index (χ0) is 10.1. The molecule has 0 heterocycles. The first kappa shape index (κ1) is 10.2. The molecule has 73 valence electrons. The zero-order valence-electron chi connectivity index (χ0n) is 8.39. The third kappa shape index (κ3) is 2.19. The monoisotopic (exact) mass is 297 g/mol. The smallest absolute Gasteiger partial charge is 0.0230 e. The fourth-order valence-corrected chi connectivity index (χ4v) is 2.31. The highest BCUT2D eigenvalue weighted by atomic mass is 127. The Balaban J connectivity index is 2.35. The predicted octanol–water partition coefficient (Wildman–Crippen LogP) is 4.30. The fraction of sp³-hybridized carbons (Fsp3) is 0.308. The lowest BCUT2D eigenvalue weighted by Crippen LogP contribution is -1.93. The van der Waals surface area contributed by atoms with Gasteiger partial charge in [-0.15, -0.1) is 6.58 Å². The van der Waals surface area contributed by atoms with Gasteiger partial charge in [0.1, 0.15) is 0 Å². The van der Waals surface area contributed by atoms with Gasteiger partial charge in [-0.2, -0.15) is 0 Å². The van der Waals surface area contributed by atoms with Crippen LogP contribution in [0.1, 0.15) is 36.8 Å². The Labute approximate surface area is 99.6 Å². The van der Waals surface area contributed by atoms with E-state index in [4.69, 9.17) is 0 Å². The van der Waals surface area contributed by atoms with Crippen LogP contribution in [0.4, 0.5) is 0 Å². The van der Waals surface area contributed by atoms with E-state index >= 15 is 0 Å². The van der Waals surface area contributed by atoms with Crippen molar-refractivity contribution >= 4 is 22.6 Å². The van der Waals surface area contributed by atoms with Gasteiger partial charge in [-0.25, -0.2) is 0 Å². The molecule has 1 aromatic rings. The van der Waals surface area contributed by atoms with E-state index in [9.17, 15) is 0 Å². The topological polar surface area (TPSA) is 0 Å². The van der Waals surface area contributed by atoms with Crippen molar-refractivity contribution in [3.8, 4) is 0 Å². The summed E-state index contributed by atoms with van der Waals surface area (Å²) in [7, 11) is 0. The molecule has 1 aliphatic rings. The maximum absolute atomic E-state index is 3.82. The van der Waals surface area contributed by atoms with Gasteiger partial charge in [-0.05, 0) is 64.6 Å². The molecule has 0 nitrogen and oxygen atoms in total. The summed E-state index contributed by atoms with van der Waals surface area (Å²) in [5.74, 6) is 2.10. The molecular formula is C13H14I. The highest BCUT2D eigenvalue weighted by Crippen LogP contribution is 2.41. The van der Waals surface area contributed by atoms with Gasteiger partial charge in [0.2, 0.25) is 0 Å². The van der Waals surface area contributed by atoms with Crippen LogP contribution in [-0.2, 0) is 0 Å². The van der Waals surface area contributed by atoms with Gasteiger partial charge in [0.15, 0.2) is 0 Å². The Morgan fingerprint density at radius 3 is 2.71 bits per heavy atom. The first-order chi connectivity index (χ1) is 6.70. The molecule has 0 N–H and O–H groups in total.